The number of amides is 1. The quantitative estimate of drug-likeness (QED) is 0.822. The molecule has 1 fully saturated rings. The lowest BCUT2D eigenvalue weighted by Crippen LogP contribution is -2.49. The van der Waals surface area contributed by atoms with Crippen LogP contribution in [0.25, 0.3) is 0 Å². The number of carbonyl (C=O) groups is 2. The van der Waals surface area contributed by atoms with Gasteiger partial charge in [0.1, 0.15) is 5.41 Å². The van der Waals surface area contributed by atoms with Crippen molar-refractivity contribution in [3.8, 4) is 0 Å². The predicted molar refractivity (Wildman–Crippen MR) is 62.4 cm³/mol. The Morgan fingerprint density at radius 3 is 2.33 bits per heavy atom. The summed E-state index contributed by atoms with van der Waals surface area (Å²) >= 11 is 0. The molecule has 0 bridgehead atoms. The molecule has 18 heavy (non-hydrogen) atoms. The van der Waals surface area contributed by atoms with Gasteiger partial charge in [-0.25, -0.2) is 4.79 Å². The third kappa shape index (κ3) is 2.01. The van der Waals surface area contributed by atoms with Crippen molar-refractivity contribution in [1.29, 1.82) is 0 Å². The van der Waals surface area contributed by atoms with E-state index >= 15 is 0 Å². The third-order valence-electron chi connectivity index (χ3n) is 3.45. The average molecular weight is 250 g/mol. The van der Waals surface area contributed by atoms with Crippen molar-refractivity contribution < 1.29 is 19.8 Å². The lowest BCUT2D eigenvalue weighted by Gasteiger charge is -2.37. The fourth-order valence-corrected chi connectivity index (χ4v) is 2.31. The minimum atomic E-state index is -1.06. The number of pyridine rings is 1. The molecule has 1 aliphatic heterocycles. The first kappa shape index (κ1) is 12.3. The molecule has 96 valence electrons. The fraction of sp³-hybridized carbons (Fsp3) is 0.417. The highest BCUT2D eigenvalue weighted by Gasteiger charge is 2.45. The Balaban J connectivity index is 2.27. The van der Waals surface area contributed by atoms with Crippen molar-refractivity contribution in [3.63, 3.8) is 0 Å². The molecule has 0 atom stereocenters. The summed E-state index contributed by atoms with van der Waals surface area (Å²) in [5.41, 5.74) is -0.560. The van der Waals surface area contributed by atoms with Crippen LogP contribution in [0.15, 0.2) is 24.4 Å². The second-order valence-corrected chi connectivity index (χ2v) is 4.37. The van der Waals surface area contributed by atoms with Gasteiger partial charge < -0.3 is 15.1 Å². The lowest BCUT2D eigenvalue weighted by atomic mass is 9.75. The van der Waals surface area contributed by atoms with Gasteiger partial charge in [0.15, 0.2) is 0 Å². The van der Waals surface area contributed by atoms with E-state index in [4.69, 9.17) is 5.11 Å². The van der Waals surface area contributed by atoms with E-state index in [0.717, 1.165) is 0 Å². The Kier molecular flexibility index (Phi) is 3.18. The van der Waals surface area contributed by atoms with Crippen LogP contribution >= 0.6 is 0 Å². The summed E-state index contributed by atoms with van der Waals surface area (Å²) in [6, 6.07) is 5.16. The monoisotopic (exact) mass is 250 g/mol. The van der Waals surface area contributed by atoms with Crippen LogP contribution in [-0.2, 0) is 10.2 Å². The van der Waals surface area contributed by atoms with Gasteiger partial charge in [-0.05, 0) is 25.0 Å². The van der Waals surface area contributed by atoms with Gasteiger partial charge in [0.05, 0.1) is 5.69 Å². The summed E-state index contributed by atoms with van der Waals surface area (Å²) < 4.78 is 0. The van der Waals surface area contributed by atoms with Crippen LogP contribution in [0.1, 0.15) is 18.5 Å². The molecule has 1 amide bonds. The standard InChI is InChI=1S/C12H14N2O4/c15-10(16)12(9-3-1-2-6-13-9)4-7-14(8-5-12)11(17)18/h1-3,6H,4-5,7-8H2,(H,15,16)(H,17,18). The Morgan fingerprint density at radius 1 is 1.22 bits per heavy atom. The molecule has 0 spiro atoms. The molecule has 6 nitrogen and oxygen atoms in total. The van der Waals surface area contributed by atoms with Crippen LogP contribution in [0.5, 0.6) is 0 Å². The zero-order chi connectivity index (χ0) is 13.2. The molecule has 2 heterocycles. The van der Waals surface area contributed by atoms with Gasteiger partial charge in [-0.15, -0.1) is 0 Å². The summed E-state index contributed by atoms with van der Waals surface area (Å²) in [6.45, 7) is 0.441. The average Bonchev–Trinajstić information content (AvgIpc) is 2.39. The lowest BCUT2D eigenvalue weighted by molar-refractivity contribution is -0.146. The van der Waals surface area contributed by atoms with Crippen molar-refractivity contribution in [3.05, 3.63) is 30.1 Å². The van der Waals surface area contributed by atoms with E-state index in [1.807, 2.05) is 0 Å². The second kappa shape index (κ2) is 4.64. The number of carboxylic acids is 1. The SMILES string of the molecule is O=C(O)N1CCC(C(=O)O)(c2ccccn2)CC1. The van der Waals surface area contributed by atoms with Crippen molar-refractivity contribution in [2.45, 2.75) is 18.3 Å². The van der Waals surface area contributed by atoms with Gasteiger partial charge in [-0.1, -0.05) is 6.07 Å². The fourth-order valence-electron chi connectivity index (χ4n) is 2.31. The van der Waals surface area contributed by atoms with E-state index in [-0.39, 0.29) is 25.9 Å². The first-order valence-electron chi connectivity index (χ1n) is 5.69. The van der Waals surface area contributed by atoms with Crippen LogP contribution in [0.4, 0.5) is 4.79 Å². The normalized spacial score (nSPS) is 18.3. The largest absolute Gasteiger partial charge is 0.481 e. The molecule has 1 saturated heterocycles. The van der Waals surface area contributed by atoms with Gasteiger partial charge in [-0.3, -0.25) is 9.78 Å². The Hall–Kier alpha value is -2.11. The number of likely N-dealkylation sites (tertiary alicyclic amines) is 1. The molecular weight excluding hydrogens is 236 g/mol. The van der Waals surface area contributed by atoms with Crippen LogP contribution in [-0.4, -0.2) is 45.2 Å². The smallest absolute Gasteiger partial charge is 0.407 e. The molecule has 0 aliphatic carbocycles. The number of nitrogens with zero attached hydrogens (tertiary/aromatic N) is 2. The van der Waals surface area contributed by atoms with Gasteiger partial charge in [0.2, 0.25) is 0 Å². The highest BCUT2D eigenvalue weighted by Crippen LogP contribution is 2.34. The van der Waals surface area contributed by atoms with Crippen LogP contribution in [0.2, 0.25) is 0 Å². The van der Waals surface area contributed by atoms with E-state index in [9.17, 15) is 14.7 Å². The van der Waals surface area contributed by atoms with Gasteiger partial charge in [-0.2, -0.15) is 0 Å². The maximum atomic E-state index is 11.5. The topological polar surface area (TPSA) is 90.7 Å². The first-order chi connectivity index (χ1) is 8.56. The molecule has 2 N–H and O–H groups in total. The predicted octanol–water partition coefficient (Wildman–Crippen LogP) is 1.18. The maximum Gasteiger partial charge on any atom is 0.407 e. The van der Waals surface area contributed by atoms with E-state index in [2.05, 4.69) is 4.98 Å². The van der Waals surface area contributed by atoms with Gasteiger partial charge in [0.25, 0.3) is 0 Å². The highest BCUT2D eigenvalue weighted by molar-refractivity contribution is 5.81. The molecule has 0 radical (unpaired) electrons. The molecule has 0 aromatic carbocycles. The van der Waals surface area contributed by atoms with Gasteiger partial charge in [0, 0.05) is 19.3 Å². The number of carboxylic acid groups (broad SMARTS) is 2. The summed E-state index contributed by atoms with van der Waals surface area (Å²) in [5, 5.41) is 18.3. The van der Waals surface area contributed by atoms with Crippen molar-refractivity contribution in [2.24, 2.45) is 0 Å². The minimum absolute atomic E-state index is 0.220. The molecule has 2 rings (SSSR count). The molecule has 0 saturated carbocycles. The van der Waals surface area contributed by atoms with Crippen molar-refractivity contribution >= 4 is 12.1 Å². The minimum Gasteiger partial charge on any atom is -0.481 e. The zero-order valence-electron chi connectivity index (χ0n) is 9.74. The summed E-state index contributed by atoms with van der Waals surface area (Å²) in [4.78, 5) is 27.7. The number of hydrogen-bond donors (Lipinski definition) is 2. The molecule has 1 aromatic heterocycles. The summed E-state index contributed by atoms with van der Waals surface area (Å²) in [5.74, 6) is -0.939. The zero-order valence-corrected chi connectivity index (χ0v) is 9.74. The molecule has 0 unspecified atom stereocenters. The van der Waals surface area contributed by atoms with E-state index in [1.165, 1.54) is 4.90 Å². The number of rotatable bonds is 2. The van der Waals surface area contributed by atoms with Crippen LogP contribution in [0, 0.1) is 0 Å². The maximum absolute atomic E-state index is 11.5. The van der Waals surface area contributed by atoms with E-state index in [0.29, 0.717) is 5.69 Å². The number of hydrogen-bond acceptors (Lipinski definition) is 3. The highest BCUT2D eigenvalue weighted by atomic mass is 16.4. The summed E-state index contributed by atoms with van der Waals surface area (Å²) in [6.07, 6.45) is 1.07. The molecule has 6 heteroatoms. The molecule has 1 aromatic rings. The Bertz CT molecular complexity index is 452. The molecule has 1 aliphatic rings. The third-order valence-corrected chi connectivity index (χ3v) is 3.45. The van der Waals surface area contributed by atoms with Crippen LogP contribution in [0.3, 0.4) is 0 Å². The van der Waals surface area contributed by atoms with Crippen molar-refractivity contribution in [2.75, 3.05) is 13.1 Å². The Morgan fingerprint density at radius 2 is 1.89 bits per heavy atom. The van der Waals surface area contributed by atoms with Gasteiger partial charge >= 0.3 is 12.1 Å². The number of aliphatic carboxylic acids is 1. The van der Waals surface area contributed by atoms with E-state index < -0.39 is 17.5 Å². The number of piperidine rings is 1. The number of aromatic nitrogens is 1. The molecular formula is C12H14N2O4. The van der Waals surface area contributed by atoms with Crippen molar-refractivity contribution in [1.82, 2.24) is 9.88 Å². The summed E-state index contributed by atoms with van der Waals surface area (Å²) in [7, 11) is 0. The van der Waals surface area contributed by atoms with Crippen LogP contribution < -0.4 is 0 Å². The van der Waals surface area contributed by atoms with E-state index in [1.54, 1.807) is 24.4 Å². The first-order valence-corrected chi connectivity index (χ1v) is 5.69. The second-order valence-electron chi connectivity index (χ2n) is 4.37. The Labute approximate surface area is 104 Å².